The maximum Gasteiger partial charge on any atom is 0.471 e. The van der Waals surface area contributed by atoms with Gasteiger partial charge < -0.3 is 19.9 Å². The Kier molecular flexibility index (Phi) is 7.16. The number of carbonyl (C=O) groups is 3. The molecule has 0 spiro atoms. The number of hydrogen-bond donors (Lipinski definition) is 2. The van der Waals surface area contributed by atoms with Crippen LogP contribution in [0.5, 0.6) is 0 Å². The van der Waals surface area contributed by atoms with E-state index in [0.29, 0.717) is 23.1 Å². The number of rotatable bonds is 5. The monoisotopic (exact) mass is 525 g/mol. The van der Waals surface area contributed by atoms with Crippen molar-refractivity contribution in [3.63, 3.8) is 0 Å². The summed E-state index contributed by atoms with van der Waals surface area (Å²) in [5.74, 6) is -4.56. The number of carbonyl (C=O) groups excluding carboxylic acids is 3. The fourth-order valence-electron chi connectivity index (χ4n) is 4.29. The van der Waals surface area contributed by atoms with E-state index in [-0.39, 0.29) is 24.0 Å². The van der Waals surface area contributed by atoms with Gasteiger partial charge in [-0.05, 0) is 42.3 Å². The summed E-state index contributed by atoms with van der Waals surface area (Å²) >= 11 is 6.00. The van der Waals surface area contributed by atoms with E-state index in [4.69, 9.17) is 11.6 Å². The van der Waals surface area contributed by atoms with E-state index in [9.17, 15) is 31.9 Å². The van der Waals surface area contributed by atoms with Crippen molar-refractivity contribution in [3.8, 4) is 0 Å². The highest BCUT2D eigenvalue weighted by Gasteiger charge is 2.39. The van der Waals surface area contributed by atoms with Gasteiger partial charge in [-0.3, -0.25) is 14.4 Å². The molecule has 1 aromatic carbocycles. The van der Waals surface area contributed by atoms with Crippen LogP contribution < -0.4 is 10.6 Å². The molecule has 3 heterocycles. The number of alkyl halides is 3. The number of nitrogens with zero attached hydrogens (tertiary/aromatic N) is 3. The minimum Gasteiger partial charge on any atom is -0.349 e. The minimum absolute atomic E-state index is 0.00815. The van der Waals surface area contributed by atoms with Gasteiger partial charge in [-0.2, -0.15) is 13.2 Å². The molecule has 2 atom stereocenters. The number of piperidine rings is 1. The number of aromatic nitrogens is 2. The molecule has 1 aliphatic rings. The minimum atomic E-state index is -5.14. The SMILES string of the molecule is O=C(CNC(=O)C(F)(F)F)N[C@@H]1CN(C(=O)c2cccn3cncc23)CC[C@H]1c1cc(F)cc(Cl)c1. The topological polar surface area (TPSA) is 95.8 Å². The van der Waals surface area contributed by atoms with Gasteiger partial charge in [0, 0.05) is 30.2 Å². The quantitative estimate of drug-likeness (QED) is 0.501. The third-order valence-electron chi connectivity index (χ3n) is 5.91. The zero-order valence-corrected chi connectivity index (χ0v) is 19.3. The summed E-state index contributed by atoms with van der Waals surface area (Å²) in [4.78, 5) is 42.4. The van der Waals surface area contributed by atoms with Crippen molar-refractivity contribution >= 4 is 34.8 Å². The molecule has 0 unspecified atom stereocenters. The Bertz CT molecular complexity index is 1290. The number of benzene rings is 1. The summed E-state index contributed by atoms with van der Waals surface area (Å²) < 4.78 is 53.1. The van der Waals surface area contributed by atoms with Gasteiger partial charge in [-0.15, -0.1) is 0 Å². The second-order valence-corrected chi connectivity index (χ2v) is 8.75. The van der Waals surface area contributed by atoms with Crippen LogP contribution in [-0.2, 0) is 9.59 Å². The molecule has 2 N–H and O–H groups in total. The smallest absolute Gasteiger partial charge is 0.349 e. The van der Waals surface area contributed by atoms with E-state index in [1.54, 1.807) is 29.1 Å². The van der Waals surface area contributed by atoms with E-state index in [0.717, 1.165) is 6.07 Å². The van der Waals surface area contributed by atoms with Crippen LogP contribution in [-0.4, -0.2) is 63.9 Å². The average molecular weight is 526 g/mol. The first-order chi connectivity index (χ1) is 17.0. The second kappa shape index (κ2) is 10.1. The van der Waals surface area contributed by atoms with Crippen LogP contribution >= 0.6 is 11.6 Å². The molecule has 13 heteroatoms. The summed E-state index contributed by atoms with van der Waals surface area (Å²) in [6.45, 7) is -0.662. The lowest BCUT2D eigenvalue weighted by atomic mass is 9.84. The number of pyridine rings is 1. The lowest BCUT2D eigenvalue weighted by Crippen LogP contribution is -2.55. The zero-order valence-electron chi connectivity index (χ0n) is 18.6. The third-order valence-corrected chi connectivity index (χ3v) is 6.13. The Morgan fingerprint density at radius 1 is 1.19 bits per heavy atom. The molecule has 0 radical (unpaired) electrons. The highest BCUT2D eigenvalue weighted by atomic mass is 35.5. The second-order valence-electron chi connectivity index (χ2n) is 8.31. The molecule has 36 heavy (non-hydrogen) atoms. The first kappa shape index (κ1) is 25.4. The van der Waals surface area contributed by atoms with Crippen LogP contribution in [0.2, 0.25) is 5.02 Å². The Morgan fingerprint density at radius 2 is 1.97 bits per heavy atom. The molecule has 4 rings (SSSR count). The molecule has 8 nitrogen and oxygen atoms in total. The molecule has 1 saturated heterocycles. The highest BCUT2D eigenvalue weighted by Crippen LogP contribution is 2.32. The van der Waals surface area contributed by atoms with E-state index < -0.39 is 42.3 Å². The lowest BCUT2D eigenvalue weighted by Gasteiger charge is -2.39. The zero-order chi connectivity index (χ0) is 26.0. The largest absolute Gasteiger partial charge is 0.471 e. The maximum absolute atomic E-state index is 14.0. The fraction of sp³-hybridized carbons (Fsp3) is 0.304. The highest BCUT2D eigenvalue weighted by molar-refractivity contribution is 6.30. The molecule has 1 aliphatic heterocycles. The van der Waals surface area contributed by atoms with Crippen molar-refractivity contribution in [1.82, 2.24) is 24.9 Å². The number of nitrogens with one attached hydrogen (secondary N) is 2. The standard InChI is InChI=1S/C23H20ClF4N5O3/c24-14-6-13(7-15(25)8-14)16-3-5-32(21(35)17-2-1-4-33-12-29-9-19(17)33)11-18(16)31-20(34)10-30-22(36)23(26,27)28/h1-2,4,6-9,12,16,18H,3,5,10-11H2,(H,30,36)(H,31,34)/t16-,18+/m0/s1. The molecule has 1 fully saturated rings. The van der Waals surface area contributed by atoms with Crippen LogP contribution in [0.25, 0.3) is 5.52 Å². The van der Waals surface area contributed by atoms with Gasteiger partial charge in [-0.1, -0.05) is 11.6 Å². The van der Waals surface area contributed by atoms with Crippen molar-refractivity contribution in [3.05, 3.63) is 71.0 Å². The van der Waals surface area contributed by atoms with E-state index in [2.05, 4.69) is 10.3 Å². The molecule has 2 aromatic heterocycles. The lowest BCUT2D eigenvalue weighted by molar-refractivity contribution is -0.173. The van der Waals surface area contributed by atoms with Gasteiger partial charge in [0.2, 0.25) is 5.91 Å². The molecule has 0 saturated carbocycles. The normalized spacial score (nSPS) is 18.2. The maximum atomic E-state index is 14.0. The van der Waals surface area contributed by atoms with Crippen molar-refractivity contribution in [2.75, 3.05) is 19.6 Å². The summed E-state index contributed by atoms with van der Waals surface area (Å²) in [5, 5.41) is 4.24. The molecule has 0 bridgehead atoms. The van der Waals surface area contributed by atoms with Crippen molar-refractivity contribution in [2.24, 2.45) is 0 Å². The number of halogens is 5. The van der Waals surface area contributed by atoms with Gasteiger partial charge in [-0.25, -0.2) is 9.37 Å². The van der Waals surface area contributed by atoms with Crippen molar-refractivity contribution in [1.29, 1.82) is 0 Å². The number of imidazole rings is 1. The first-order valence-corrected chi connectivity index (χ1v) is 11.2. The summed E-state index contributed by atoms with van der Waals surface area (Å²) in [5.41, 5.74) is 1.43. The fourth-order valence-corrected chi connectivity index (χ4v) is 4.52. The van der Waals surface area contributed by atoms with Gasteiger partial charge in [0.15, 0.2) is 0 Å². The number of fused-ring (bicyclic) bond motifs is 1. The molecule has 0 aliphatic carbocycles. The van der Waals surface area contributed by atoms with E-state index in [1.807, 2.05) is 0 Å². The van der Waals surface area contributed by atoms with Crippen LogP contribution in [0.3, 0.4) is 0 Å². The molecule has 3 amide bonds. The van der Waals surface area contributed by atoms with Gasteiger partial charge in [0.25, 0.3) is 5.91 Å². The molecular formula is C23H20ClF4N5O3. The predicted octanol–water partition coefficient (Wildman–Crippen LogP) is 2.92. The Labute approximate surface area is 207 Å². The molecule has 3 aromatic rings. The van der Waals surface area contributed by atoms with Crippen LogP contribution in [0.1, 0.15) is 28.3 Å². The Morgan fingerprint density at radius 3 is 2.69 bits per heavy atom. The average Bonchev–Trinajstić information content (AvgIpc) is 3.30. The molecule has 190 valence electrons. The number of likely N-dealkylation sites (tertiary alicyclic amines) is 1. The van der Waals surface area contributed by atoms with Crippen LogP contribution in [0.4, 0.5) is 17.6 Å². The van der Waals surface area contributed by atoms with Crippen LogP contribution in [0.15, 0.2) is 49.1 Å². The Balaban J connectivity index is 1.56. The van der Waals surface area contributed by atoms with Gasteiger partial charge in [0.1, 0.15) is 5.82 Å². The molecular weight excluding hydrogens is 506 g/mol. The van der Waals surface area contributed by atoms with Crippen molar-refractivity contribution in [2.45, 2.75) is 24.6 Å². The Hall–Kier alpha value is -3.67. The summed E-state index contributed by atoms with van der Waals surface area (Å²) in [6, 6.07) is 6.44. The summed E-state index contributed by atoms with van der Waals surface area (Å²) in [7, 11) is 0. The third kappa shape index (κ3) is 5.59. The van der Waals surface area contributed by atoms with E-state index >= 15 is 0 Å². The van der Waals surface area contributed by atoms with E-state index in [1.165, 1.54) is 28.5 Å². The van der Waals surface area contributed by atoms with Gasteiger partial charge >= 0.3 is 12.1 Å². The van der Waals surface area contributed by atoms with Crippen LogP contribution in [0, 0.1) is 5.82 Å². The summed E-state index contributed by atoms with van der Waals surface area (Å²) in [6.07, 6.45) is -0.00341. The number of hydrogen-bond acceptors (Lipinski definition) is 4. The number of amides is 3. The first-order valence-electron chi connectivity index (χ1n) is 10.8. The predicted molar refractivity (Wildman–Crippen MR) is 121 cm³/mol. The van der Waals surface area contributed by atoms with Gasteiger partial charge in [0.05, 0.1) is 36.2 Å². The van der Waals surface area contributed by atoms with Crippen molar-refractivity contribution < 1.29 is 31.9 Å².